The molecule has 2 aromatic rings. The predicted molar refractivity (Wildman–Crippen MR) is 77.8 cm³/mol. The standard InChI is InChI=1S/C15H18N4O2/c1-8-6-16-13(17-7-8)14-18-10(3)12(11(4)19-14)5-9(2)15(20)21/h6-7,9H,5H2,1-4H3,(H,20,21). The summed E-state index contributed by atoms with van der Waals surface area (Å²) in [5, 5.41) is 9.02. The molecule has 6 heteroatoms. The molecule has 0 radical (unpaired) electrons. The molecule has 0 saturated carbocycles. The maximum atomic E-state index is 11.0. The van der Waals surface area contributed by atoms with Crippen molar-refractivity contribution in [3.05, 3.63) is 34.9 Å². The lowest BCUT2D eigenvalue weighted by molar-refractivity contribution is -0.141. The Balaban J connectivity index is 2.37. The van der Waals surface area contributed by atoms with Gasteiger partial charge in [0.25, 0.3) is 0 Å². The van der Waals surface area contributed by atoms with Crippen LogP contribution in [0.2, 0.25) is 0 Å². The van der Waals surface area contributed by atoms with Crippen molar-refractivity contribution in [2.24, 2.45) is 5.92 Å². The number of carbonyl (C=O) groups is 1. The van der Waals surface area contributed by atoms with Gasteiger partial charge in [0.15, 0.2) is 11.6 Å². The summed E-state index contributed by atoms with van der Waals surface area (Å²) in [6, 6.07) is 0. The fourth-order valence-electron chi connectivity index (χ4n) is 2.04. The Morgan fingerprint density at radius 3 is 2.10 bits per heavy atom. The summed E-state index contributed by atoms with van der Waals surface area (Å²) < 4.78 is 0. The van der Waals surface area contributed by atoms with Crippen molar-refractivity contribution in [3.8, 4) is 11.6 Å². The van der Waals surface area contributed by atoms with E-state index in [1.54, 1.807) is 19.3 Å². The molecule has 6 nitrogen and oxygen atoms in total. The van der Waals surface area contributed by atoms with Crippen molar-refractivity contribution < 1.29 is 9.90 Å². The van der Waals surface area contributed by atoms with Gasteiger partial charge in [-0.15, -0.1) is 0 Å². The van der Waals surface area contributed by atoms with E-state index < -0.39 is 11.9 Å². The number of hydrogen-bond acceptors (Lipinski definition) is 5. The molecule has 1 N–H and O–H groups in total. The summed E-state index contributed by atoms with van der Waals surface area (Å²) in [7, 11) is 0. The quantitative estimate of drug-likeness (QED) is 0.926. The monoisotopic (exact) mass is 286 g/mol. The Hall–Kier alpha value is -2.37. The molecule has 0 fully saturated rings. The molecule has 2 rings (SSSR count). The predicted octanol–water partition coefficient (Wildman–Crippen LogP) is 2.12. The van der Waals surface area contributed by atoms with Crippen LogP contribution in [-0.2, 0) is 11.2 Å². The van der Waals surface area contributed by atoms with Crippen LogP contribution in [0.3, 0.4) is 0 Å². The molecule has 0 aliphatic rings. The second kappa shape index (κ2) is 5.95. The van der Waals surface area contributed by atoms with Crippen LogP contribution in [0.5, 0.6) is 0 Å². The van der Waals surface area contributed by atoms with Gasteiger partial charge in [-0.3, -0.25) is 4.79 Å². The van der Waals surface area contributed by atoms with Gasteiger partial charge < -0.3 is 5.11 Å². The first-order valence-electron chi connectivity index (χ1n) is 6.74. The summed E-state index contributed by atoms with van der Waals surface area (Å²) in [6.07, 6.45) is 3.86. The van der Waals surface area contributed by atoms with E-state index >= 15 is 0 Å². The van der Waals surface area contributed by atoms with Crippen LogP contribution in [0.15, 0.2) is 12.4 Å². The Morgan fingerprint density at radius 2 is 1.62 bits per heavy atom. The van der Waals surface area contributed by atoms with Gasteiger partial charge in [0.05, 0.1) is 5.92 Å². The van der Waals surface area contributed by atoms with Crippen LogP contribution in [0.1, 0.15) is 29.4 Å². The van der Waals surface area contributed by atoms with E-state index in [4.69, 9.17) is 5.11 Å². The van der Waals surface area contributed by atoms with Crippen molar-refractivity contribution in [1.82, 2.24) is 19.9 Å². The van der Waals surface area contributed by atoms with Crippen LogP contribution in [0.25, 0.3) is 11.6 Å². The van der Waals surface area contributed by atoms with Crippen LogP contribution in [0, 0.1) is 26.7 Å². The molecule has 0 saturated heterocycles. The smallest absolute Gasteiger partial charge is 0.306 e. The number of hydrogen-bond donors (Lipinski definition) is 1. The topological polar surface area (TPSA) is 88.9 Å². The highest BCUT2D eigenvalue weighted by Crippen LogP contribution is 2.19. The molecule has 0 spiro atoms. The second-order valence-corrected chi connectivity index (χ2v) is 5.22. The first-order chi connectivity index (χ1) is 9.88. The molecule has 0 aromatic carbocycles. The minimum atomic E-state index is -0.820. The number of aryl methyl sites for hydroxylation is 3. The Morgan fingerprint density at radius 1 is 1.10 bits per heavy atom. The van der Waals surface area contributed by atoms with E-state index in [0.29, 0.717) is 18.1 Å². The van der Waals surface area contributed by atoms with Gasteiger partial charge in [0.1, 0.15) is 0 Å². The third kappa shape index (κ3) is 3.39. The van der Waals surface area contributed by atoms with Crippen molar-refractivity contribution in [1.29, 1.82) is 0 Å². The average Bonchev–Trinajstić information content (AvgIpc) is 2.43. The number of carboxylic acids is 1. The van der Waals surface area contributed by atoms with Gasteiger partial charge >= 0.3 is 5.97 Å². The third-order valence-corrected chi connectivity index (χ3v) is 3.33. The molecule has 0 aliphatic heterocycles. The number of aliphatic carboxylic acids is 1. The lowest BCUT2D eigenvalue weighted by atomic mass is 9.99. The van der Waals surface area contributed by atoms with E-state index in [1.807, 2.05) is 20.8 Å². The zero-order valence-electron chi connectivity index (χ0n) is 12.6. The van der Waals surface area contributed by atoms with E-state index in [0.717, 1.165) is 22.5 Å². The Bertz CT molecular complexity index is 645. The first kappa shape index (κ1) is 15.0. The Labute approximate surface area is 123 Å². The zero-order chi connectivity index (χ0) is 15.6. The van der Waals surface area contributed by atoms with Crippen LogP contribution in [-0.4, -0.2) is 31.0 Å². The highest BCUT2D eigenvalue weighted by atomic mass is 16.4. The van der Waals surface area contributed by atoms with Crippen LogP contribution in [0.4, 0.5) is 0 Å². The molecular formula is C15H18N4O2. The van der Waals surface area contributed by atoms with E-state index in [2.05, 4.69) is 19.9 Å². The number of rotatable bonds is 4. The lowest BCUT2D eigenvalue weighted by Gasteiger charge is -2.12. The Kier molecular flexibility index (Phi) is 4.26. The fourth-order valence-corrected chi connectivity index (χ4v) is 2.04. The second-order valence-electron chi connectivity index (χ2n) is 5.22. The maximum Gasteiger partial charge on any atom is 0.306 e. The molecule has 1 atom stereocenters. The van der Waals surface area contributed by atoms with E-state index in [-0.39, 0.29) is 0 Å². The maximum absolute atomic E-state index is 11.0. The zero-order valence-corrected chi connectivity index (χ0v) is 12.6. The molecule has 0 aliphatic carbocycles. The minimum absolute atomic E-state index is 0.419. The molecule has 0 bridgehead atoms. The number of nitrogens with zero attached hydrogens (tertiary/aromatic N) is 4. The number of aromatic nitrogens is 4. The minimum Gasteiger partial charge on any atom is -0.481 e. The summed E-state index contributed by atoms with van der Waals surface area (Å²) >= 11 is 0. The van der Waals surface area contributed by atoms with Crippen molar-refractivity contribution in [2.45, 2.75) is 34.1 Å². The molecule has 2 heterocycles. The molecule has 2 aromatic heterocycles. The third-order valence-electron chi connectivity index (χ3n) is 3.33. The van der Waals surface area contributed by atoms with E-state index in [9.17, 15) is 4.79 Å². The molecule has 1 unspecified atom stereocenters. The van der Waals surface area contributed by atoms with E-state index in [1.165, 1.54) is 0 Å². The average molecular weight is 286 g/mol. The van der Waals surface area contributed by atoms with Gasteiger partial charge in [-0.05, 0) is 38.3 Å². The van der Waals surface area contributed by atoms with Crippen molar-refractivity contribution in [3.63, 3.8) is 0 Å². The summed E-state index contributed by atoms with van der Waals surface area (Å²) in [5.41, 5.74) is 3.39. The van der Waals surface area contributed by atoms with Gasteiger partial charge in [-0.2, -0.15) is 0 Å². The SMILES string of the molecule is Cc1cnc(-c2nc(C)c(CC(C)C(=O)O)c(C)n2)nc1. The number of carboxylic acid groups (broad SMARTS) is 1. The highest BCUT2D eigenvalue weighted by molar-refractivity contribution is 5.70. The lowest BCUT2D eigenvalue weighted by Crippen LogP contribution is -2.15. The fraction of sp³-hybridized carbons (Fsp3) is 0.400. The van der Waals surface area contributed by atoms with Gasteiger partial charge in [0, 0.05) is 23.8 Å². The summed E-state index contributed by atoms with van der Waals surface area (Å²) in [6.45, 7) is 7.31. The molecular weight excluding hydrogens is 268 g/mol. The normalized spacial score (nSPS) is 12.2. The van der Waals surface area contributed by atoms with Crippen LogP contribution >= 0.6 is 0 Å². The molecule has 21 heavy (non-hydrogen) atoms. The van der Waals surface area contributed by atoms with Crippen LogP contribution < -0.4 is 0 Å². The highest BCUT2D eigenvalue weighted by Gasteiger charge is 2.17. The van der Waals surface area contributed by atoms with Crippen molar-refractivity contribution in [2.75, 3.05) is 0 Å². The first-order valence-corrected chi connectivity index (χ1v) is 6.74. The summed E-state index contributed by atoms with van der Waals surface area (Å²) in [4.78, 5) is 28.3. The van der Waals surface area contributed by atoms with Crippen molar-refractivity contribution >= 4 is 5.97 Å². The largest absolute Gasteiger partial charge is 0.481 e. The van der Waals surface area contributed by atoms with Gasteiger partial charge in [0.2, 0.25) is 0 Å². The van der Waals surface area contributed by atoms with Gasteiger partial charge in [-0.1, -0.05) is 6.92 Å². The molecule has 0 amide bonds. The molecule has 110 valence electrons. The summed E-state index contributed by atoms with van der Waals surface area (Å²) in [5.74, 6) is -0.339. The van der Waals surface area contributed by atoms with Gasteiger partial charge in [-0.25, -0.2) is 19.9 Å².